The molecule has 0 saturated carbocycles. The summed E-state index contributed by atoms with van der Waals surface area (Å²) < 4.78 is 5.16. The Morgan fingerprint density at radius 3 is 2.91 bits per heavy atom. The van der Waals surface area contributed by atoms with Gasteiger partial charge in [0.1, 0.15) is 11.9 Å². The van der Waals surface area contributed by atoms with Crippen molar-refractivity contribution in [3.63, 3.8) is 0 Å². The molecule has 3 aromatic rings. The molecule has 6 heteroatoms. The van der Waals surface area contributed by atoms with Crippen LogP contribution in [0.4, 0.5) is 0 Å². The normalized spacial score (nSPS) is 13.7. The number of aliphatic hydroxyl groups excluding tert-OH is 1. The maximum atomic E-state index is 12.4. The van der Waals surface area contributed by atoms with Crippen molar-refractivity contribution >= 4 is 16.7 Å². The number of aromatic nitrogens is 2. The summed E-state index contributed by atoms with van der Waals surface area (Å²) >= 11 is 0. The van der Waals surface area contributed by atoms with Gasteiger partial charge in [-0.05, 0) is 19.1 Å². The Bertz CT molecular complexity index is 796. The highest BCUT2D eigenvalue weighted by Gasteiger charge is 2.19. The zero-order chi connectivity index (χ0) is 16.2. The number of aliphatic hydroxyl groups is 1. The number of fused-ring (bicyclic) bond motifs is 1. The molecular formula is C17H17N3O3. The zero-order valence-corrected chi connectivity index (χ0v) is 12.6. The SMILES string of the molecule is CC(CC(O)c1ccco1)NC(=O)c1nncc2ccccc12. The van der Waals surface area contributed by atoms with Crippen LogP contribution in [0.1, 0.15) is 35.7 Å². The Balaban J connectivity index is 1.70. The molecular weight excluding hydrogens is 294 g/mol. The van der Waals surface area contributed by atoms with Gasteiger partial charge < -0.3 is 14.8 Å². The van der Waals surface area contributed by atoms with Crippen LogP contribution in [-0.4, -0.2) is 27.3 Å². The van der Waals surface area contributed by atoms with E-state index in [9.17, 15) is 9.90 Å². The highest BCUT2D eigenvalue weighted by atomic mass is 16.4. The minimum Gasteiger partial charge on any atom is -0.467 e. The number of carbonyl (C=O) groups is 1. The average molecular weight is 311 g/mol. The summed E-state index contributed by atoms with van der Waals surface area (Å²) in [7, 11) is 0. The van der Waals surface area contributed by atoms with Gasteiger partial charge in [0.15, 0.2) is 5.69 Å². The molecule has 6 nitrogen and oxygen atoms in total. The van der Waals surface area contributed by atoms with Crippen molar-refractivity contribution in [2.24, 2.45) is 0 Å². The van der Waals surface area contributed by atoms with Gasteiger partial charge in [0.05, 0.1) is 12.5 Å². The molecule has 0 fully saturated rings. The van der Waals surface area contributed by atoms with Gasteiger partial charge in [-0.2, -0.15) is 5.10 Å². The first-order valence-corrected chi connectivity index (χ1v) is 7.38. The predicted molar refractivity (Wildman–Crippen MR) is 84.8 cm³/mol. The number of rotatable bonds is 5. The van der Waals surface area contributed by atoms with E-state index in [0.717, 1.165) is 10.8 Å². The Morgan fingerprint density at radius 2 is 2.13 bits per heavy atom. The number of furan rings is 1. The van der Waals surface area contributed by atoms with Gasteiger partial charge in [0, 0.05) is 23.2 Å². The summed E-state index contributed by atoms with van der Waals surface area (Å²) in [6.07, 6.45) is 2.71. The third-order valence-electron chi connectivity index (χ3n) is 3.61. The number of benzene rings is 1. The van der Waals surface area contributed by atoms with Crippen LogP contribution in [0.2, 0.25) is 0 Å². The largest absolute Gasteiger partial charge is 0.467 e. The number of nitrogens with one attached hydrogen (secondary N) is 1. The van der Waals surface area contributed by atoms with Gasteiger partial charge in [-0.1, -0.05) is 24.3 Å². The van der Waals surface area contributed by atoms with E-state index in [0.29, 0.717) is 12.2 Å². The van der Waals surface area contributed by atoms with Gasteiger partial charge in [0.2, 0.25) is 0 Å². The van der Waals surface area contributed by atoms with E-state index in [-0.39, 0.29) is 17.6 Å². The van der Waals surface area contributed by atoms with Gasteiger partial charge in [-0.25, -0.2) is 0 Å². The van der Waals surface area contributed by atoms with E-state index in [4.69, 9.17) is 4.42 Å². The van der Waals surface area contributed by atoms with Gasteiger partial charge >= 0.3 is 0 Å². The number of carbonyl (C=O) groups excluding carboxylic acids is 1. The second-order valence-electron chi connectivity index (χ2n) is 5.42. The summed E-state index contributed by atoms with van der Waals surface area (Å²) in [6.45, 7) is 1.82. The minimum absolute atomic E-state index is 0.247. The molecule has 0 saturated heterocycles. The fraction of sp³-hybridized carbons (Fsp3) is 0.235. The molecule has 0 spiro atoms. The smallest absolute Gasteiger partial charge is 0.272 e. The molecule has 0 radical (unpaired) electrons. The summed E-state index contributed by atoms with van der Waals surface area (Å²) in [6, 6.07) is 10.6. The van der Waals surface area contributed by atoms with E-state index in [1.807, 2.05) is 31.2 Å². The highest BCUT2D eigenvalue weighted by Crippen LogP contribution is 2.19. The van der Waals surface area contributed by atoms with E-state index < -0.39 is 6.10 Å². The molecule has 3 rings (SSSR count). The Kier molecular flexibility index (Phi) is 4.34. The molecule has 0 bridgehead atoms. The van der Waals surface area contributed by atoms with Crippen LogP contribution in [0.3, 0.4) is 0 Å². The lowest BCUT2D eigenvalue weighted by Gasteiger charge is -2.16. The van der Waals surface area contributed by atoms with Gasteiger partial charge in [-0.3, -0.25) is 4.79 Å². The minimum atomic E-state index is -0.765. The second-order valence-corrected chi connectivity index (χ2v) is 5.42. The molecule has 2 aromatic heterocycles. The van der Waals surface area contributed by atoms with Crippen molar-refractivity contribution < 1.29 is 14.3 Å². The van der Waals surface area contributed by atoms with E-state index in [1.165, 1.54) is 6.26 Å². The van der Waals surface area contributed by atoms with Crippen molar-refractivity contribution in [2.45, 2.75) is 25.5 Å². The van der Waals surface area contributed by atoms with Crippen LogP contribution in [-0.2, 0) is 0 Å². The number of hydrogen-bond acceptors (Lipinski definition) is 5. The first kappa shape index (κ1) is 15.2. The monoisotopic (exact) mass is 311 g/mol. The van der Waals surface area contributed by atoms with Crippen molar-refractivity contribution in [2.75, 3.05) is 0 Å². The molecule has 1 amide bonds. The molecule has 0 aliphatic carbocycles. The fourth-order valence-electron chi connectivity index (χ4n) is 2.48. The topological polar surface area (TPSA) is 88.3 Å². The summed E-state index contributed by atoms with van der Waals surface area (Å²) in [5.41, 5.74) is 0.280. The first-order valence-electron chi connectivity index (χ1n) is 7.38. The standard InChI is InChI=1S/C17H17N3O3/c1-11(9-14(21)15-7-4-8-23-15)19-17(22)16-13-6-3-2-5-12(13)10-18-20-16/h2-8,10-11,14,21H,9H2,1H3,(H,19,22). The number of nitrogens with zero attached hydrogens (tertiary/aromatic N) is 2. The lowest BCUT2D eigenvalue weighted by atomic mass is 10.1. The van der Waals surface area contributed by atoms with Crippen LogP contribution in [0, 0.1) is 0 Å². The lowest BCUT2D eigenvalue weighted by Crippen LogP contribution is -2.34. The molecule has 0 aliphatic heterocycles. The summed E-state index contributed by atoms with van der Waals surface area (Å²) in [5, 5.41) is 22.3. The van der Waals surface area contributed by atoms with Gasteiger partial charge in [-0.15, -0.1) is 5.10 Å². The first-order chi connectivity index (χ1) is 11.1. The van der Waals surface area contributed by atoms with Crippen molar-refractivity contribution in [3.05, 3.63) is 60.3 Å². The van der Waals surface area contributed by atoms with Crippen LogP contribution in [0.25, 0.3) is 10.8 Å². The Morgan fingerprint density at radius 1 is 1.30 bits per heavy atom. The second kappa shape index (κ2) is 6.58. The fourth-order valence-corrected chi connectivity index (χ4v) is 2.48. The Hall–Kier alpha value is -2.73. The molecule has 2 heterocycles. The molecule has 1 aromatic carbocycles. The molecule has 0 aliphatic rings. The Labute approximate surface area is 133 Å². The molecule has 2 unspecified atom stereocenters. The van der Waals surface area contributed by atoms with Crippen molar-refractivity contribution in [3.8, 4) is 0 Å². The highest BCUT2D eigenvalue weighted by molar-refractivity contribution is 6.04. The maximum Gasteiger partial charge on any atom is 0.272 e. The maximum absolute atomic E-state index is 12.4. The van der Waals surface area contributed by atoms with Crippen LogP contribution in [0.15, 0.2) is 53.3 Å². The zero-order valence-electron chi connectivity index (χ0n) is 12.6. The molecule has 23 heavy (non-hydrogen) atoms. The molecule has 2 atom stereocenters. The van der Waals surface area contributed by atoms with Crippen LogP contribution < -0.4 is 5.32 Å². The lowest BCUT2D eigenvalue weighted by molar-refractivity contribution is 0.0899. The quantitative estimate of drug-likeness (QED) is 0.755. The third-order valence-corrected chi connectivity index (χ3v) is 3.61. The number of hydrogen-bond donors (Lipinski definition) is 2. The summed E-state index contributed by atoms with van der Waals surface area (Å²) in [5.74, 6) is 0.171. The molecule has 2 N–H and O–H groups in total. The van der Waals surface area contributed by atoms with Crippen molar-refractivity contribution in [1.82, 2.24) is 15.5 Å². The third kappa shape index (κ3) is 3.37. The van der Waals surface area contributed by atoms with Crippen LogP contribution in [0.5, 0.6) is 0 Å². The average Bonchev–Trinajstić information content (AvgIpc) is 3.08. The van der Waals surface area contributed by atoms with Crippen molar-refractivity contribution in [1.29, 1.82) is 0 Å². The molecule has 118 valence electrons. The number of amides is 1. The predicted octanol–water partition coefficient (Wildman–Crippen LogP) is 2.46. The van der Waals surface area contributed by atoms with E-state index >= 15 is 0 Å². The van der Waals surface area contributed by atoms with Crippen LogP contribution >= 0.6 is 0 Å². The summed E-state index contributed by atoms with van der Waals surface area (Å²) in [4.78, 5) is 12.4. The van der Waals surface area contributed by atoms with Gasteiger partial charge in [0.25, 0.3) is 5.91 Å². The van der Waals surface area contributed by atoms with E-state index in [1.54, 1.807) is 18.3 Å². The van der Waals surface area contributed by atoms with E-state index in [2.05, 4.69) is 15.5 Å².